The van der Waals surface area contributed by atoms with Crippen LogP contribution in [0.5, 0.6) is 17.2 Å². The summed E-state index contributed by atoms with van der Waals surface area (Å²) in [6.07, 6.45) is 6.22. The van der Waals surface area contributed by atoms with Gasteiger partial charge in [0, 0.05) is 50.3 Å². The van der Waals surface area contributed by atoms with E-state index in [1.807, 2.05) is 24.5 Å². The molecule has 3 heterocycles. The van der Waals surface area contributed by atoms with Crippen molar-refractivity contribution in [1.29, 1.82) is 0 Å². The molecule has 0 radical (unpaired) electrons. The highest BCUT2D eigenvalue weighted by molar-refractivity contribution is 5.51. The Morgan fingerprint density at radius 1 is 1.07 bits per heavy atom. The summed E-state index contributed by atoms with van der Waals surface area (Å²) in [5, 5.41) is 0. The van der Waals surface area contributed by atoms with Crippen LogP contribution in [0.3, 0.4) is 0 Å². The summed E-state index contributed by atoms with van der Waals surface area (Å²) in [4.78, 5) is 6.52. The fourth-order valence-corrected chi connectivity index (χ4v) is 3.67. The Kier molecular flexibility index (Phi) is 5.75. The van der Waals surface area contributed by atoms with Crippen LogP contribution in [-0.4, -0.2) is 49.5 Å². The molecule has 1 aromatic carbocycles. The lowest BCUT2D eigenvalue weighted by Crippen LogP contribution is -2.31. The number of rotatable bonds is 7. The van der Waals surface area contributed by atoms with Crippen LogP contribution in [0.2, 0.25) is 0 Å². The highest BCUT2D eigenvalue weighted by Gasteiger charge is 2.22. The van der Waals surface area contributed by atoms with Gasteiger partial charge in [0.1, 0.15) is 19.0 Å². The summed E-state index contributed by atoms with van der Waals surface area (Å²) >= 11 is 0. The maximum Gasteiger partial charge on any atom is 0.165 e. The fourth-order valence-electron chi connectivity index (χ4n) is 3.67. The normalized spacial score (nSPS) is 18.7. The minimum atomic E-state index is 0.287. The molecule has 0 amide bonds. The fraction of sp³-hybridized carbons (Fsp3) is 0.476. The summed E-state index contributed by atoms with van der Waals surface area (Å²) in [5.41, 5.74) is 2.33. The van der Waals surface area contributed by atoms with E-state index in [-0.39, 0.29) is 6.10 Å². The van der Waals surface area contributed by atoms with E-state index in [2.05, 4.69) is 22.0 Å². The zero-order valence-electron chi connectivity index (χ0n) is 15.7. The van der Waals surface area contributed by atoms with Gasteiger partial charge in [0.25, 0.3) is 0 Å². The minimum Gasteiger partial charge on any atom is -0.496 e. The SMILES string of the molecule is COc1cc2c(cc1CN(Cc1ccncc1)C[C@@H]1CCCO1)OCCO2. The molecule has 27 heavy (non-hydrogen) atoms. The molecule has 1 atom stereocenters. The molecule has 6 nitrogen and oxygen atoms in total. The summed E-state index contributed by atoms with van der Waals surface area (Å²) in [6.45, 7) is 4.49. The highest BCUT2D eigenvalue weighted by atomic mass is 16.6. The van der Waals surface area contributed by atoms with Gasteiger partial charge >= 0.3 is 0 Å². The van der Waals surface area contributed by atoms with Crippen LogP contribution in [0.15, 0.2) is 36.7 Å². The zero-order valence-corrected chi connectivity index (χ0v) is 15.7. The van der Waals surface area contributed by atoms with Crippen molar-refractivity contribution in [3.05, 3.63) is 47.8 Å². The first-order chi connectivity index (χ1) is 13.3. The number of fused-ring (bicyclic) bond motifs is 1. The van der Waals surface area contributed by atoms with Gasteiger partial charge in [0.15, 0.2) is 11.5 Å². The second-order valence-electron chi connectivity index (χ2n) is 6.97. The van der Waals surface area contributed by atoms with Crippen LogP contribution < -0.4 is 14.2 Å². The van der Waals surface area contributed by atoms with Crippen molar-refractivity contribution in [1.82, 2.24) is 9.88 Å². The van der Waals surface area contributed by atoms with Gasteiger partial charge in [-0.1, -0.05) is 0 Å². The van der Waals surface area contributed by atoms with Crippen LogP contribution >= 0.6 is 0 Å². The lowest BCUT2D eigenvalue weighted by Gasteiger charge is -2.27. The molecule has 1 fully saturated rings. The zero-order chi connectivity index (χ0) is 18.5. The Bertz CT molecular complexity index is 747. The summed E-state index contributed by atoms with van der Waals surface area (Å²) in [7, 11) is 1.70. The third-order valence-electron chi connectivity index (χ3n) is 4.98. The average molecular weight is 370 g/mol. The molecule has 4 rings (SSSR count). The number of pyridine rings is 1. The molecular formula is C21H26N2O4. The van der Waals surface area contributed by atoms with Gasteiger partial charge < -0.3 is 18.9 Å². The first-order valence-electron chi connectivity index (χ1n) is 9.51. The van der Waals surface area contributed by atoms with Crippen molar-refractivity contribution in [2.45, 2.75) is 32.0 Å². The molecule has 2 aliphatic rings. The van der Waals surface area contributed by atoms with Crippen LogP contribution in [0.1, 0.15) is 24.0 Å². The lowest BCUT2D eigenvalue weighted by molar-refractivity contribution is 0.0675. The Hall–Kier alpha value is -2.31. The van der Waals surface area contributed by atoms with E-state index in [9.17, 15) is 0 Å². The van der Waals surface area contributed by atoms with Crippen molar-refractivity contribution in [2.24, 2.45) is 0 Å². The minimum absolute atomic E-state index is 0.287. The monoisotopic (exact) mass is 370 g/mol. The van der Waals surface area contributed by atoms with Crippen LogP contribution in [0.4, 0.5) is 0 Å². The molecule has 2 aromatic rings. The highest BCUT2D eigenvalue weighted by Crippen LogP contribution is 2.37. The summed E-state index contributed by atoms with van der Waals surface area (Å²) < 4.78 is 23.0. The molecule has 0 spiro atoms. The van der Waals surface area contributed by atoms with E-state index in [1.165, 1.54) is 5.56 Å². The third kappa shape index (κ3) is 4.51. The van der Waals surface area contributed by atoms with Gasteiger partial charge in [-0.25, -0.2) is 0 Å². The van der Waals surface area contributed by atoms with E-state index in [0.717, 1.165) is 61.9 Å². The Morgan fingerprint density at radius 3 is 2.56 bits per heavy atom. The molecule has 0 aliphatic carbocycles. The van der Waals surface area contributed by atoms with E-state index < -0.39 is 0 Å². The smallest absolute Gasteiger partial charge is 0.165 e. The molecule has 1 aromatic heterocycles. The molecular weight excluding hydrogens is 344 g/mol. The molecule has 6 heteroatoms. The number of benzene rings is 1. The second-order valence-corrected chi connectivity index (χ2v) is 6.97. The van der Waals surface area contributed by atoms with Gasteiger partial charge in [-0.05, 0) is 36.6 Å². The van der Waals surface area contributed by atoms with Gasteiger partial charge in [-0.15, -0.1) is 0 Å². The summed E-state index contributed by atoms with van der Waals surface area (Å²) in [5.74, 6) is 2.37. The van der Waals surface area contributed by atoms with Gasteiger partial charge in [0.05, 0.1) is 13.2 Å². The van der Waals surface area contributed by atoms with Gasteiger partial charge in [-0.2, -0.15) is 0 Å². The predicted octanol–water partition coefficient (Wildman–Crippen LogP) is 3.04. The topological polar surface area (TPSA) is 53.1 Å². The molecule has 144 valence electrons. The van der Waals surface area contributed by atoms with Crippen molar-refractivity contribution in [2.75, 3.05) is 33.5 Å². The molecule has 0 N–H and O–H groups in total. The standard InChI is InChI=1S/C21H26N2O4/c1-24-19-12-21-20(26-9-10-27-21)11-17(19)14-23(15-18-3-2-8-25-18)13-16-4-6-22-7-5-16/h4-7,11-12,18H,2-3,8-10,13-15H2,1H3/t18-/m0/s1. The molecule has 2 aliphatic heterocycles. The number of hydrogen-bond donors (Lipinski definition) is 0. The molecule has 0 unspecified atom stereocenters. The Morgan fingerprint density at radius 2 is 1.85 bits per heavy atom. The van der Waals surface area contributed by atoms with Crippen LogP contribution in [0.25, 0.3) is 0 Å². The third-order valence-corrected chi connectivity index (χ3v) is 4.98. The lowest BCUT2D eigenvalue weighted by atomic mass is 10.1. The van der Waals surface area contributed by atoms with Gasteiger partial charge in [0.2, 0.25) is 0 Å². The van der Waals surface area contributed by atoms with Crippen molar-refractivity contribution in [3.8, 4) is 17.2 Å². The van der Waals surface area contributed by atoms with E-state index in [1.54, 1.807) is 7.11 Å². The van der Waals surface area contributed by atoms with E-state index in [4.69, 9.17) is 18.9 Å². The first-order valence-corrected chi connectivity index (χ1v) is 9.51. The van der Waals surface area contributed by atoms with Crippen molar-refractivity contribution >= 4 is 0 Å². The number of ether oxygens (including phenoxy) is 4. The Labute approximate surface area is 160 Å². The molecule has 1 saturated heterocycles. The molecule has 0 bridgehead atoms. The van der Waals surface area contributed by atoms with Crippen LogP contribution in [-0.2, 0) is 17.8 Å². The average Bonchev–Trinajstić information content (AvgIpc) is 3.21. The quantitative estimate of drug-likeness (QED) is 0.747. The number of methoxy groups -OCH3 is 1. The summed E-state index contributed by atoms with van der Waals surface area (Å²) in [6, 6.07) is 8.09. The van der Waals surface area contributed by atoms with E-state index in [0.29, 0.717) is 13.2 Å². The maximum atomic E-state index is 5.88. The molecule has 0 saturated carbocycles. The predicted molar refractivity (Wildman–Crippen MR) is 101 cm³/mol. The van der Waals surface area contributed by atoms with Crippen molar-refractivity contribution < 1.29 is 18.9 Å². The second kappa shape index (κ2) is 8.59. The van der Waals surface area contributed by atoms with Gasteiger partial charge in [-0.3, -0.25) is 9.88 Å². The van der Waals surface area contributed by atoms with Crippen LogP contribution in [0, 0.1) is 0 Å². The largest absolute Gasteiger partial charge is 0.496 e. The Balaban J connectivity index is 1.56. The number of aromatic nitrogens is 1. The number of hydrogen-bond acceptors (Lipinski definition) is 6. The van der Waals surface area contributed by atoms with Crippen molar-refractivity contribution in [3.63, 3.8) is 0 Å². The number of nitrogens with zero attached hydrogens (tertiary/aromatic N) is 2. The first kappa shape index (κ1) is 18.1. The maximum absolute atomic E-state index is 5.88. The van der Waals surface area contributed by atoms with E-state index >= 15 is 0 Å².